The quantitative estimate of drug-likeness (QED) is 0.424. The number of benzene rings is 4. The molecule has 0 aliphatic rings. The average Bonchev–Trinajstić information content (AvgIpc) is 2.75. The van der Waals surface area contributed by atoms with Crippen molar-refractivity contribution in [3.05, 3.63) is 96.1 Å². The minimum atomic E-state index is -3.89. The molecule has 156 valence electrons. The number of phenols is 2. The Labute approximate surface area is 182 Å². The molecule has 4 nitrogen and oxygen atoms in total. The predicted octanol–water partition coefficient (Wildman–Crippen LogP) is 5.88. The number of hydrogen-bond acceptors (Lipinski definition) is 4. The summed E-state index contributed by atoms with van der Waals surface area (Å²) in [5.41, 5.74) is 4.30. The Bertz CT molecular complexity index is 1250. The van der Waals surface area contributed by atoms with Gasteiger partial charge in [-0.2, -0.15) is 0 Å². The van der Waals surface area contributed by atoms with Crippen molar-refractivity contribution in [3.63, 3.8) is 0 Å². The topological polar surface area (TPSA) is 74.6 Å². The standard InChI is InChI=1S/C26H22O4S/c1-17-5-3-7-23(25(17)19-9-13-21(27)14-10-19)31(29,30)24-8-4-6-18(2)26(24)20-11-15-22(28)16-12-20/h3-16,27-28H,1-2H3. The van der Waals surface area contributed by atoms with E-state index in [4.69, 9.17) is 0 Å². The van der Waals surface area contributed by atoms with Crippen molar-refractivity contribution < 1.29 is 18.6 Å². The van der Waals surface area contributed by atoms with Crippen molar-refractivity contribution in [3.8, 4) is 33.8 Å². The first-order valence-corrected chi connectivity index (χ1v) is 11.3. The number of rotatable bonds is 4. The van der Waals surface area contributed by atoms with Crippen LogP contribution in [0.15, 0.2) is 94.7 Å². The van der Waals surface area contributed by atoms with Gasteiger partial charge in [0.1, 0.15) is 11.5 Å². The van der Waals surface area contributed by atoms with Crippen LogP contribution in [0, 0.1) is 13.8 Å². The van der Waals surface area contributed by atoms with Crippen LogP contribution < -0.4 is 0 Å². The maximum absolute atomic E-state index is 14.0. The van der Waals surface area contributed by atoms with Gasteiger partial charge in [-0.3, -0.25) is 0 Å². The average molecular weight is 431 g/mol. The molecule has 0 atom stereocenters. The molecular weight excluding hydrogens is 408 g/mol. The van der Waals surface area contributed by atoms with Gasteiger partial charge in [-0.1, -0.05) is 48.5 Å². The van der Waals surface area contributed by atoms with Gasteiger partial charge in [0.2, 0.25) is 9.84 Å². The molecule has 0 fully saturated rings. The van der Waals surface area contributed by atoms with Crippen molar-refractivity contribution in [2.24, 2.45) is 0 Å². The van der Waals surface area contributed by atoms with E-state index < -0.39 is 9.84 Å². The molecule has 0 bridgehead atoms. The van der Waals surface area contributed by atoms with Crippen molar-refractivity contribution in [1.29, 1.82) is 0 Å². The third-order valence-electron chi connectivity index (χ3n) is 5.36. The summed E-state index contributed by atoms with van der Waals surface area (Å²) in [5.74, 6) is 0.241. The second-order valence-electron chi connectivity index (χ2n) is 7.49. The molecule has 0 heterocycles. The Kier molecular flexibility index (Phi) is 5.29. The number of aryl methyl sites for hydroxylation is 2. The molecule has 0 unspecified atom stereocenters. The van der Waals surface area contributed by atoms with Crippen LogP contribution in [0.1, 0.15) is 11.1 Å². The summed E-state index contributed by atoms with van der Waals surface area (Å²) in [7, 11) is -3.89. The van der Waals surface area contributed by atoms with E-state index in [2.05, 4.69) is 0 Å². The third kappa shape index (κ3) is 3.80. The first-order chi connectivity index (χ1) is 14.8. The van der Waals surface area contributed by atoms with Crippen LogP contribution in [0.25, 0.3) is 22.3 Å². The molecule has 0 aliphatic heterocycles. The highest BCUT2D eigenvalue weighted by molar-refractivity contribution is 7.91. The Morgan fingerprint density at radius 2 is 0.903 bits per heavy atom. The third-order valence-corrected chi connectivity index (χ3v) is 7.20. The SMILES string of the molecule is Cc1cccc(S(=O)(=O)c2cccc(C)c2-c2ccc(O)cc2)c1-c1ccc(O)cc1. The molecule has 0 saturated heterocycles. The van der Waals surface area contributed by atoms with Crippen LogP contribution in [0.5, 0.6) is 11.5 Å². The van der Waals surface area contributed by atoms with E-state index in [9.17, 15) is 18.6 Å². The van der Waals surface area contributed by atoms with Gasteiger partial charge in [-0.25, -0.2) is 8.42 Å². The zero-order valence-electron chi connectivity index (χ0n) is 17.2. The van der Waals surface area contributed by atoms with Gasteiger partial charge in [0.25, 0.3) is 0 Å². The molecule has 0 aliphatic carbocycles. The lowest BCUT2D eigenvalue weighted by Crippen LogP contribution is -2.07. The van der Waals surface area contributed by atoms with Gasteiger partial charge in [-0.15, -0.1) is 0 Å². The summed E-state index contributed by atoms with van der Waals surface area (Å²) >= 11 is 0. The van der Waals surface area contributed by atoms with E-state index in [-0.39, 0.29) is 21.3 Å². The van der Waals surface area contributed by atoms with Crippen molar-refractivity contribution >= 4 is 9.84 Å². The van der Waals surface area contributed by atoms with Crippen molar-refractivity contribution in [2.45, 2.75) is 23.6 Å². The fourth-order valence-electron chi connectivity index (χ4n) is 3.84. The molecular formula is C26H22O4S. The fourth-order valence-corrected chi connectivity index (χ4v) is 5.69. The molecule has 31 heavy (non-hydrogen) atoms. The lowest BCUT2D eigenvalue weighted by molar-refractivity contribution is 0.475. The molecule has 4 aromatic rings. The van der Waals surface area contributed by atoms with Crippen LogP contribution in [0.3, 0.4) is 0 Å². The molecule has 0 saturated carbocycles. The van der Waals surface area contributed by atoms with Gasteiger partial charge in [0, 0.05) is 11.1 Å². The Morgan fingerprint density at radius 3 is 1.26 bits per heavy atom. The van der Waals surface area contributed by atoms with Gasteiger partial charge < -0.3 is 10.2 Å². The summed E-state index contributed by atoms with van der Waals surface area (Å²) in [6.07, 6.45) is 0. The Balaban J connectivity index is 1.98. The summed E-state index contributed by atoms with van der Waals surface area (Å²) in [4.78, 5) is 0.424. The second kappa shape index (κ2) is 7.93. The monoisotopic (exact) mass is 430 g/mol. The lowest BCUT2D eigenvalue weighted by atomic mass is 10.0. The molecule has 0 aromatic heterocycles. The van der Waals surface area contributed by atoms with E-state index in [1.165, 1.54) is 0 Å². The largest absolute Gasteiger partial charge is 0.508 e. The lowest BCUT2D eigenvalue weighted by Gasteiger charge is -2.17. The van der Waals surface area contributed by atoms with Gasteiger partial charge >= 0.3 is 0 Å². The summed E-state index contributed by atoms with van der Waals surface area (Å²) < 4.78 is 27.9. The number of hydrogen-bond donors (Lipinski definition) is 2. The predicted molar refractivity (Wildman–Crippen MR) is 122 cm³/mol. The van der Waals surface area contributed by atoms with Crippen LogP contribution >= 0.6 is 0 Å². The normalized spacial score (nSPS) is 11.4. The zero-order chi connectivity index (χ0) is 22.2. The van der Waals surface area contributed by atoms with Crippen molar-refractivity contribution in [2.75, 3.05) is 0 Å². The van der Waals surface area contributed by atoms with Crippen LogP contribution in [-0.2, 0) is 9.84 Å². The highest BCUT2D eigenvalue weighted by Crippen LogP contribution is 2.39. The minimum absolute atomic E-state index is 0.120. The molecule has 2 N–H and O–H groups in total. The van der Waals surface area contributed by atoms with Gasteiger partial charge in [0.05, 0.1) is 9.79 Å². The molecule has 0 radical (unpaired) electrons. The van der Waals surface area contributed by atoms with E-state index in [1.54, 1.807) is 72.8 Å². The highest BCUT2D eigenvalue weighted by atomic mass is 32.2. The van der Waals surface area contributed by atoms with Crippen LogP contribution in [-0.4, -0.2) is 18.6 Å². The van der Waals surface area contributed by atoms with E-state index >= 15 is 0 Å². The summed E-state index contributed by atoms with van der Waals surface area (Å²) in [6.45, 7) is 3.75. The maximum atomic E-state index is 14.0. The minimum Gasteiger partial charge on any atom is -0.508 e. The van der Waals surface area contributed by atoms with E-state index in [0.29, 0.717) is 22.3 Å². The molecule has 0 amide bonds. The zero-order valence-corrected chi connectivity index (χ0v) is 18.0. The van der Waals surface area contributed by atoms with Crippen LogP contribution in [0.2, 0.25) is 0 Å². The van der Waals surface area contributed by atoms with E-state index in [1.807, 2.05) is 26.0 Å². The molecule has 4 aromatic carbocycles. The first-order valence-electron chi connectivity index (χ1n) is 9.82. The molecule has 4 rings (SSSR count). The van der Waals surface area contributed by atoms with Crippen molar-refractivity contribution in [1.82, 2.24) is 0 Å². The number of sulfone groups is 1. The highest BCUT2D eigenvalue weighted by Gasteiger charge is 2.27. The summed E-state index contributed by atoms with van der Waals surface area (Å²) in [5, 5.41) is 19.3. The number of aromatic hydroxyl groups is 2. The number of phenolic OH excluding ortho intramolecular Hbond substituents is 2. The van der Waals surface area contributed by atoms with Gasteiger partial charge in [-0.05, 0) is 72.5 Å². The molecule has 5 heteroatoms. The Hall–Kier alpha value is -3.57. The Morgan fingerprint density at radius 1 is 0.548 bits per heavy atom. The molecule has 0 spiro atoms. The summed E-state index contributed by atoms with van der Waals surface area (Å²) in [6, 6.07) is 23.5. The second-order valence-corrected chi connectivity index (χ2v) is 9.38. The fraction of sp³-hybridized carbons (Fsp3) is 0.0769. The maximum Gasteiger partial charge on any atom is 0.207 e. The van der Waals surface area contributed by atoms with E-state index in [0.717, 1.165) is 11.1 Å². The van der Waals surface area contributed by atoms with Gasteiger partial charge in [0.15, 0.2) is 0 Å². The smallest absolute Gasteiger partial charge is 0.207 e. The van der Waals surface area contributed by atoms with Crippen LogP contribution in [0.4, 0.5) is 0 Å². The first kappa shape index (κ1) is 20.7.